The Hall–Kier alpha value is -2.50. The van der Waals surface area contributed by atoms with Crippen LogP contribution in [0.15, 0.2) is 36.7 Å². The first-order valence-corrected chi connectivity index (χ1v) is 4.70. The topological polar surface area (TPSA) is 78.1 Å². The molecule has 5 nitrogen and oxygen atoms in total. The molecule has 0 spiro atoms. The molecule has 0 radical (unpaired) electrons. The number of nitrogens with two attached hydrogens (primary N) is 1. The summed E-state index contributed by atoms with van der Waals surface area (Å²) in [4.78, 5) is 18.2. The zero-order chi connectivity index (χ0) is 12.3. The summed E-state index contributed by atoms with van der Waals surface area (Å²) in [6, 6.07) is 6.22. The van der Waals surface area contributed by atoms with Gasteiger partial charge < -0.3 is 10.5 Å². The molecule has 0 aliphatic heterocycles. The molecule has 0 bridgehead atoms. The van der Waals surface area contributed by atoms with Crippen LogP contribution in [0.5, 0.6) is 11.8 Å². The second-order valence-electron chi connectivity index (χ2n) is 3.18. The van der Waals surface area contributed by atoms with E-state index in [1.807, 2.05) is 0 Å². The third-order valence-corrected chi connectivity index (χ3v) is 1.92. The maximum Gasteiger partial charge on any atom is 0.322 e. The lowest BCUT2D eigenvalue weighted by Crippen LogP contribution is -2.10. The van der Waals surface area contributed by atoms with Crippen LogP contribution in [0.2, 0.25) is 0 Å². The van der Waals surface area contributed by atoms with Crippen molar-refractivity contribution in [2.45, 2.75) is 0 Å². The standard InChI is InChI=1S/C11H8FN3O2/c12-8-5-14-11(15-6-8)17-9-3-1-2-7(4-9)10(13)16/h1-6H,(H2,13,16). The Balaban J connectivity index is 2.21. The summed E-state index contributed by atoms with van der Waals surface area (Å²) in [5.74, 6) is -0.758. The minimum absolute atomic E-state index is 0.00646. The van der Waals surface area contributed by atoms with Crippen molar-refractivity contribution in [3.05, 3.63) is 48.0 Å². The quantitative estimate of drug-likeness (QED) is 0.871. The van der Waals surface area contributed by atoms with Crippen LogP contribution in [0.25, 0.3) is 0 Å². The van der Waals surface area contributed by atoms with Crippen molar-refractivity contribution in [2.24, 2.45) is 5.73 Å². The van der Waals surface area contributed by atoms with Crippen LogP contribution >= 0.6 is 0 Å². The molecular weight excluding hydrogens is 225 g/mol. The minimum atomic E-state index is -0.560. The first-order valence-electron chi connectivity index (χ1n) is 4.70. The number of primary amides is 1. The molecule has 86 valence electrons. The van der Waals surface area contributed by atoms with Crippen molar-refractivity contribution in [2.75, 3.05) is 0 Å². The minimum Gasteiger partial charge on any atom is -0.424 e. The van der Waals surface area contributed by atoms with E-state index in [0.29, 0.717) is 11.3 Å². The van der Waals surface area contributed by atoms with Gasteiger partial charge in [-0.1, -0.05) is 6.07 Å². The highest BCUT2D eigenvalue weighted by atomic mass is 19.1. The molecule has 0 unspecified atom stereocenters. The molecular formula is C11H8FN3O2. The van der Waals surface area contributed by atoms with Gasteiger partial charge in [-0.05, 0) is 18.2 Å². The molecule has 0 fully saturated rings. The highest BCUT2D eigenvalue weighted by Gasteiger charge is 2.04. The number of ether oxygens (including phenoxy) is 1. The van der Waals surface area contributed by atoms with Crippen LogP contribution < -0.4 is 10.5 Å². The first-order chi connectivity index (χ1) is 8.15. The smallest absolute Gasteiger partial charge is 0.322 e. The maximum atomic E-state index is 12.6. The molecule has 1 heterocycles. The molecule has 1 aromatic heterocycles. The van der Waals surface area contributed by atoms with Gasteiger partial charge in [0.2, 0.25) is 5.91 Å². The molecule has 17 heavy (non-hydrogen) atoms. The second kappa shape index (κ2) is 4.56. The molecule has 0 atom stereocenters. The number of hydrogen-bond acceptors (Lipinski definition) is 4. The summed E-state index contributed by atoms with van der Waals surface area (Å²) in [6.45, 7) is 0. The van der Waals surface area contributed by atoms with E-state index in [1.165, 1.54) is 6.07 Å². The van der Waals surface area contributed by atoms with Gasteiger partial charge in [-0.25, -0.2) is 14.4 Å². The number of halogens is 1. The van der Waals surface area contributed by atoms with Crippen LogP contribution in [0, 0.1) is 5.82 Å². The van der Waals surface area contributed by atoms with E-state index in [0.717, 1.165) is 12.4 Å². The summed E-state index contributed by atoms with van der Waals surface area (Å²) in [7, 11) is 0. The van der Waals surface area contributed by atoms with Gasteiger partial charge in [-0.2, -0.15) is 0 Å². The fraction of sp³-hybridized carbons (Fsp3) is 0. The number of nitrogens with zero attached hydrogens (tertiary/aromatic N) is 2. The van der Waals surface area contributed by atoms with E-state index >= 15 is 0 Å². The lowest BCUT2D eigenvalue weighted by Gasteiger charge is -2.03. The highest BCUT2D eigenvalue weighted by molar-refractivity contribution is 5.93. The molecule has 1 aromatic carbocycles. The second-order valence-corrected chi connectivity index (χ2v) is 3.18. The third-order valence-electron chi connectivity index (χ3n) is 1.92. The highest BCUT2D eigenvalue weighted by Crippen LogP contribution is 2.18. The zero-order valence-electron chi connectivity index (χ0n) is 8.63. The van der Waals surface area contributed by atoms with Crippen molar-refractivity contribution < 1.29 is 13.9 Å². The van der Waals surface area contributed by atoms with E-state index in [9.17, 15) is 9.18 Å². The molecule has 0 aliphatic carbocycles. The van der Waals surface area contributed by atoms with E-state index in [1.54, 1.807) is 18.2 Å². The Morgan fingerprint density at radius 1 is 1.29 bits per heavy atom. The molecule has 0 saturated heterocycles. The van der Waals surface area contributed by atoms with Crippen molar-refractivity contribution in [1.29, 1.82) is 0 Å². The summed E-state index contributed by atoms with van der Waals surface area (Å²) < 4.78 is 17.8. The van der Waals surface area contributed by atoms with Crippen LogP contribution in [0.4, 0.5) is 4.39 Å². The largest absolute Gasteiger partial charge is 0.424 e. The van der Waals surface area contributed by atoms with Gasteiger partial charge in [-0.3, -0.25) is 4.79 Å². The number of hydrogen-bond donors (Lipinski definition) is 1. The molecule has 1 amide bonds. The third kappa shape index (κ3) is 2.75. The van der Waals surface area contributed by atoms with Crippen molar-refractivity contribution >= 4 is 5.91 Å². The summed E-state index contributed by atoms with van der Waals surface area (Å²) in [5, 5.41) is 0. The van der Waals surface area contributed by atoms with Crippen molar-refractivity contribution in [3.8, 4) is 11.8 Å². The average Bonchev–Trinajstić information content (AvgIpc) is 2.32. The first kappa shape index (κ1) is 11.0. The number of aromatic nitrogens is 2. The zero-order valence-corrected chi connectivity index (χ0v) is 8.63. The van der Waals surface area contributed by atoms with Gasteiger partial charge >= 0.3 is 6.01 Å². The van der Waals surface area contributed by atoms with Crippen LogP contribution in [-0.2, 0) is 0 Å². The summed E-state index contributed by atoms with van der Waals surface area (Å²) >= 11 is 0. The lowest BCUT2D eigenvalue weighted by molar-refractivity contribution is 0.1000. The number of carbonyl (C=O) groups excluding carboxylic acids is 1. The van der Waals surface area contributed by atoms with E-state index in [2.05, 4.69) is 9.97 Å². The molecule has 0 aliphatic rings. The predicted molar refractivity (Wildman–Crippen MR) is 57.0 cm³/mol. The van der Waals surface area contributed by atoms with E-state index in [4.69, 9.17) is 10.5 Å². The van der Waals surface area contributed by atoms with E-state index in [-0.39, 0.29) is 6.01 Å². The summed E-state index contributed by atoms with van der Waals surface area (Å²) in [5.41, 5.74) is 5.43. The Kier molecular flexibility index (Phi) is 2.95. The Morgan fingerprint density at radius 2 is 2.00 bits per heavy atom. The Morgan fingerprint density at radius 3 is 2.65 bits per heavy atom. The molecule has 0 saturated carbocycles. The fourth-order valence-corrected chi connectivity index (χ4v) is 1.17. The van der Waals surface area contributed by atoms with E-state index < -0.39 is 11.7 Å². The van der Waals surface area contributed by atoms with Gasteiger partial charge in [0.1, 0.15) is 5.75 Å². The van der Waals surface area contributed by atoms with Crippen molar-refractivity contribution in [3.63, 3.8) is 0 Å². The molecule has 6 heteroatoms. The number of benzene rings is 1. The molecule has 2 rings (SSSR count). The van der Waals surface area contributed by atoms with Crippen LogP contribution in [0.3, 0.4) is 0 Å². The van der Waals surface area contributed by atoms with Crippen molar-refractivity contribution in [1.82, 2.24) is 9.97 Å². The summed E-state index contributed by atoms with van der Waals surface area (Å²) in [6.07, 6.45) is 1.97. The Bertz CT molecular complexity index is 543. The Labute approximate surface area is 96.1 Å². The number of carbonyl (C=O) groups is 1. The normalized spacial score (nSPS) is 9.94. The molecule has 2 aromatic rings. The van der Waals surface area contributed by atoms with Gasteiger partial charge in [0.05, 0.1) is 12.4 Å². The predicted octanol–water partition coefficient (Wildman–Crippen LogP) is 1.51. The van der Waals surface area contributed by atoms with Gasteiger partial charge in [0, 0.05) is 5.56 Å². The number of amides is 1. The lowest BCUT2D eigenvalue weighted by atomic mass is 10.2. The van der Waals surface area contributed by atoms with Crippen LogP contribution in [-0.4, -0.2) is 15.9 Å². The monoisotopic (exact) mass is 233 g/mol. The maximum absolute atomic E-state index is 12.6. The van der Waals surface area contributed by atoms with Gasteiger partial charge in [0.25, 0.3) is 0 Å². The number of rotatable bonds is 3. The van der Waals surface area contributed by atoms with Gasteiger partial charge in [-0.15, -0.1) is 0 Å². The van der Waals surface area contributed by atoms with Crippen LogP contribution in [0.1, 0.15) is 10.4 Å². The fourth-order valence-electron chi connectivity index (χ4n) is 1.17. The average molecular weight is 233 g/mol. The molecule has 2 N–H and O–H groups in total. The van der Waals surface area contributed by atoms with Gasteiger partial charge in [0.15, 0.2) is 5.82 Å². The SMILES string of the molecule is NC(=O)c1cccc(Oc2ncc(F)cn2)c1.